The van der Waals surface area contributed by atoms with Crippen LogP contribution in [0.2, 0.25) is 0 Å². The Morgan fingerprint density at radius 3 is 2.30 bits per heavy atom. The Balaban J connectivity index is 1.58. The highest BCUT2D eigenvalue weighted by molar-refractivity contribution is 5.87. The molecule has 0 saturated carbocycles. The lowest BCUT2D eigenvalue weighted by Gasteiger charge is -2.19. The van der Waals surface area contributed by atoms with E-state index in [9.17, 15) is 4.79 Å². The van der Waals surface area contributed by atoms with Gasteiger partial charge < -0.3 is 14.8 Å². The lowest BCUT2D eigenvalue weighted by molar-refractivity contribution is -0.121. The quantitative estimate of drug-likeness (QED) is 0.615. The lowest BCUT2D eigenvalue weighted by atomic mass is 9.90. The highest BCUT2D eigenvalue weighted by atomic mass is 16.5. The van der Waals surface area contributed by atoms with Crippen LogP contribution in [0.25, 0.3) is 0 Å². The molecule has 1 atom stereocenters. The molecule has 154 valence electrons. The number of fused-ring (bicyclic) bond motifs is 1. The zero-order chi connectivity index (χ0) is 20.9. The molecule has 4 heteroatoms. The molecule has 0 bridgehead atoms. The van der Waals surface area contributed by atoms with E-state index in [4.69, 9.17) is 9.47 Å². The van der Waals surface area contributed by atoms with Gasteiger partial charge >= 0.3 is 0 Å². The van der Waals surface area contributed by atoms with Gasteiger partial charge in [-0.1, -0.05) is 60.7 Å². The second-order valence-corrected chi connectivity index (χ2v) is 7.61. The minimum atomic E-state index is -0.367. The molecule has 30 heavy (non-hydrogen) atoms. The average molecular weight is 402 g/mol. The zero-order valence-corrected chi connectivity index (χ0v) is 17.4. The summed E-state index contributed by atoms with van der Waals surface area (Å²) in [5.41, 5.74) is 4.03. The molecule has 0 fully saturated rings. The summed E-state index contributed by atoms with van der Waals surface area (Å²) in [5.74, 6) is 1.29. The van der Waals surface area contributed by atoms with E-state index in [1.54, 1.807) is 0 Å². The van der Waals surface area contributed by atoms with Crippen LogP contribution in [0.3, 0.4) is 0 Å². The summed E-state index contributed by atoms with van der Waals surface area (Å²) < 4.78 is 11.8. The molecule has 4 rings (SSSR count). The van der Waals surface area contributed by atoms with Crippen LogP contribution in [0.4, 0.5) is 0 Å². The van der Waals surface area contributed by atoms with E-state index in [2.05, 4.69) is 18.3 Å². The Hall–Kier alpha value is -3.27. The predicted octanol–water partition coefficient (Wildman–Crippen LogP) is 4.86. The van der Waals surface area contributed by atoms with E-state index in [-0.39, 0.29) is 17.9 Å². The van der Waals surface area contributed by atoms with Crippen LogP contribution < -0.4 is 14.8 Å². The Labute approximate surface area is 177 Å². The summed E-state index contributed by atoms with van der Waals surface area (Å²) in [6.45, 7) is 4.99. The van der Waals surface area contributed by atoms with E-state index >= 15 is 0 Å². The summed E-state index contributed by atoms with van der Waals surface area (Å²) >= 11 is 0. The van der Waals surface area contributed by atoms with Gasteiger partial charge in [0.2, 0.25) is 5.91 Å². The van der Waals surface area contributed by atoms with Crippen molar-refractivity contribution in [3.8, 4) is 11.5 Å². The number of carbonyl (C=O) groups is 1. The SMILES string of the molecule is CCOc1cc2c(cc1CNC(=O)C(c1ccccc1)c1ccccc1)O[C@H](C)C2. The molecule has 0 aliphatic carbocycles. The molecular weight excluding hydrogens is 374 g/mol. The van der Waals surface area contributed by atoms with E-state index in [1.165, 1.54) is 0 Å². The first kappa shape index (κ1) is 20.0. The normalized spacial score (nSPS) is 14.8. The number of benzene rings is 3. The van der Waals surface area contributed by atoms with Crippen LogP contribution in [0, 0.1) is 0 Å². The van der Waals surface area contributed by atoms with Crippen LogP contribution in [0.5, 0.6) is 11.5 Å². The van der Waals surface area contributed by atoms with Crippen molar-refractivity contribution in [2.75, 3.05) is 6.61 Å². The number of rotatable bonds is 7. The topological polar surface area (TPSA) is 47.6 Å². The number of ether oxygens (including phenoxy) is 2. The molecular formula is C26H27NO3. The number of amides is 1. The fraction of sp³-hybridized carbons (Fsp3) is 0.269. The monoisotopic (exact) mass is 401 g/mol. The highest BCUT2D eigenvalue weighted by Crippen LogP contribution is 2.35. The molecule has 1 amide bonds. The Morgan fingerprint density at radius 1 is 1.07 bits per heavy atom. The number of carbonyl (C=O) groups excluding carboxylic acids is 1. The number of nitrogens with one attached hydrogen (secondary N) is 1. The Morgan fingerprint density at radius 2 is 1.70 bits per heavy atom. The van der Waals surface area contributed by atoms with Crippen LogP contribution in [-0.2, 0) is 17.8 Å². The van der Waals surface area contributed by atoms with Gasteiger partial charge in [-0.05, 0) is 37.1 Å². The van der Waals surface area contributed by atoms with E-state index in [0.29, 0.717) is 13.2 Å². The van der Waals surface area contributed by atoms with Gasteiger partial charge in [0.15, 0.2) is 0 Å². The summed E-state index contributed by atoms with van der Waals surface area (Å²) in [4.78, 5) is 13.3. The van der Waals surface area contributed by atoms with E-state index in [0.717, 1.165) is 40.2 Å². The van der Waals surface area contributed by atoms with Gasteiger partial charge in [0.05, 0.1) is 12.5 Å². The standard InChI is InChI=1S/C26H27NO3/c1-3-29-23-15-21-14-18(2)30-24(21)16-22(23)17-27-26(28)25(19-10-6-4-7-11-19)20-12-8-5-9-13-20/h4-13,15-16,18,25H,3,14,17H2,1-2H3,(H,27,28)/t18-/m1/s1. The van der Waals surface area contributed by atoms with Crippen LogP contribution in [0.1, 0.15) is 42.0 Å². The van der Waals surface area contributed by atoms with Gasteiger partial charge in [-0.15, -0.1) is 0 Å². The fourth-order valence-corrected chi connectivity index (χ4v) is 3.98. The largest absolute Gasteiger partial charge is 0.494 e. The maximum Gasteiger partial charge on any atom is 0.232 e. The van der Waals surface area contributed by atoms with Crippen LogP contribution >= 0.6 is 0 Å². The van der Waals surface area contributed by atoms with Crippen molar-refractivity contribution in [2.45, 2.75) is 38.8 Å². The maximum absolute atomic E-state index is 13.3. The molecule has 1 N–H and O–H groups in total. The third kappa shape index (κ3) is 4.33. The maximum atomic E-state index is 13.3. The van der Waals surface area contributed by atoms with Crippen molar-refractivity contribution in [3.05, 3.63) is 95.1 Å². The average Bonchev–Trinajstić information content (AvgIpc) is 3.13. The molecule has 0 saturated heterocycles. The van der Waals surface area contributed by atoms with Crippen molar-refractivity contribution < 1.29 is 14.3 Å². The minimum Gasteiger partial charge on any atom is -0.494 e. The molecule has 1 heterocycles. The molecule has 0 unspecified atom stereocenters. The third-order valence-corrected chi connectivity index (χ3v) is 5.36. The second-order valence-electron chi connectivity index (χ2n) is 7.61. The van der Waals surface area contributed by atoms with Gasteiger partial charge in [0, 0.05) is 24.1 Å². The first-order chi connectivity index (χ1) is 14.7. The first-order valence-electron chi connectivity index (χ1n) is 10.5. The zero-order valence-electron chi connectivity index (χ0n) is 17.4. The van der Waals surface area contributed by atoms with E-state index < -0.39 is 0 Å². The lowest BCUT2D eigenvalue weighted by Crippen LogP contribution is -2.29. The second kappa shape index (κ2) is 9.04. The van der Waals surface area contributed by atoms with Crippen molar-refractivity contribution >= 4 is 5.91 Å². The summed E-state index contributed by atoms with van der Waals surface area (Å²) in [5, 5.41) is 3.12. The predicted molar refractivity (Wildman–Crippen MR) is 118 cm³/mol. The number of hydrogen-bond acceptors (Lipinski definition) is 3. The van der Waals surface area contributed by atoms with Crippen LogP contribution in [-0.4, -0.2) is 18.6 Å². The fourth-order valence-electron chi connectivity index (χ4n) is 3.98. The van der Waals surface area contributed by atoms with Crippen molar-refractivity contribution in [1.29, 1.82) is 0 Å². The summed E-state index contributed by atoms with van der Waals surface area (Å²) in [6.07, 6.45) is 1.05. The molecule has 1 aliphatic heterocycles. The molecule has 0 spiro atoms. The first-order valence-corrected chi connectivity index (χ1v) is 10.5. The van der Waals surface area contributed by atoms with Gasteiger partial charge in [-0.25, -0.2) is 0 Å². The van der Waals surface area contributed by atoms with Crippen molar-refractivity contribution in [3.63, 3.8) is 0 Å². The number of hydrogen-bond donors (Lipinski definition) is 1. The Bertz CT molecular complexity index is 962. The molecule has 0 aromatic heterocycles. The summed E-state index contributed by atoms with van der Waals surface area (Å²) in [6, 6.07) is 23.8. The van der Waals surface area contributed by atoms with E-state index in [1.807, 2.05) is 73.7 Å². The van der Waals surface area contributed by atoms with Crippen molar-refractivity contribution in [2.24, 2.45) is 0 Å². The van der Waals surface area contributed by atoms with Gasteiger partial charge in [-0.3, -0.25) is 4.79 Å². The molecule has 4 nitrogen and oxygen atoms in total. The molecule has 3 aromatic carbocycles. The minimum absolute atomic E-state index is 0.0374. The molecule has 3 aromatic rings. The van der Waals surface area contributed by atoms with Gasteiger partial charge in [-0.2, -0.15) is 0 Å². The van der Waals surface area contributed by atoms with Gasteiger partial charge in [0.25, 0.3) is 0 Å². The van der Waals surface area contributed by atoms with Crippen LogP contribution in [0.15, 0.2) is 72.8 Å². The van der Waals surface area contributed by atoms with Gasteiger partial charge in [0.1, 0.15) is 17.6 Å². The highest BCUT2D eigenvalue weighted by Gasteiger charge is 2.24. The van der Waals surface area contributed by atoms with Crippen molar-refractivity contribution in [1.82, 2.24) is 5.32 Å². The Kier molecular flexibility index (Phi) is 6.03. The smallest absolute Gasteiger partial charge is 0.232 e. The molecule has 1 aliphatic rings. The molecule has 0 radical (unpaired) electrons. The third-order valence-electron chi connectivity index (χ3n) is 5.36. The summed E-state index contributed by atoms with van der Waals surface area (Å²) in [7, 11) is 0.